The Morgan fingerprint density at radius 1 is 0.913 bits per heavy atom. The highest BCUT2D eigenvalue weighted by molar-refractivity contribution is 7.86. The fourth-order valence-corrected chi connectivity index (χ4v) is 7.99. The van der Waals surface area contributed by atoms with Crippen LogP contribution in [0.1, 0.15) is 70.9 Å². The maximum Gasteiger partial charge on any atom is 0.303 e. The van der Waals surface area contributed by atoms with E-state index in [9.17, 15) is 35.8 Å². The van der Waals surface area contributed by atoms with Crippen molar-refractivity contribution in [3.05, 3.63) is 89.7 Å². The van der Waals surface area contributed by atoms with E-state index in [0.717, 1.165) is 28.3 Å². The van der Waals surface area contributed by atoms with Crippen molar-refractivity contribution < 1.29 is 40.4 Å². The van der Waals surface area contributed by atoms with E-state index < -0.39 is 37.0 Å². The van der Waals surface area contributed by atoms with Gasteiger partial charge in [-0.25, -0.2) is 0 Å². The molecule has 0 saturated carbocycles. The molecule has 0 saturated heterocycles. The summed E-state index contributed by atoms with van der Waals surface area (Å²) >= 11 is 0. The first-order chi connectivity index (χ1) is 21.6. The van der Waals surface area contributed by atoms with Gasteiger partial charge in [0.05, 0.1) is 16.1 Å². The monoisotopic (exact) mass is 671 g/mol. The molecule has 3 N–H and O–H groups in total. The molecule has 2 aromatic rings. The molecule has 0 radical (unpaired) electrons. The molecule has 4 rings (SSSR count). The summed E-state index contributed by atoms with van der Waals surface area (Å²) in [6, 6.07) is 12.6. The van der Waals surface area contributed by atoms with Crippen molar-refractivity contribution in [2.24, 2.45) is 0 Å². The molecule has 0 fully saturated rings. The van der Waals surface area contributed by atoms with Gasteiger partial charge < -0.3 is 10.0 Å². The molecular formula is C34H43N2O8S2+. The van der Waals surface area contributed by atoms with Crippen LogP contribution in [0.25, 0.3) is 0 Å². The number of carbonyl (C=O) groups is 1. The number of benzene rings is 2. The molecule has 2 aliphatic rings. The average Bonchev–Trinajstić information content (AvgIpc) is 3.35. The average molecular weight is 672 g/mol. The minimum atomic E-state index is -4.44. The highest BCUT2D eigenvalue weighted by Crippen LogP contribution is 2.51. The summed E-state index contributed by atoms with van der Waals surface area (Å²) in [4.78, 5) is 13.2. The van der Waals surface area contributed by atoms with E-state index in [1.807, 2.05) is 56.4 Å². The van der Waals surface area contributed by atoms with Crippen LogP contribution in [0.2, 0.25) is 0 Å². The number of carboxylic acids is 1. The first-order valence-corrected chi connectivity index (χ1v) is 18.5. The SMILES string of the molecule is CCN1/C(=C/C=C/C=C/C2=[N+](CC)c3ccccc3C2(C)CCCS(=O)(=O)O)C(C)(CCCC(=O)O)c2cc(S(=O)(=O)O)ccc21. The summed E-state index contributed by atoms with van der Waals surface area (Å²) in [5.41, 5.74) is 4.41. The molecule has 2 aromatic carbocycles. The predicted octanol–water partition coefficient (Wildman–Crippen LogP) is 6.03. The zero-order chi connectivity index (χ0) is 33.9. The molecule has 2 unspecified atom stereocenters. The molecule has 0 aliphatic carbocycles. The van der Waals surface area contributed by atoms with Gasteiger partial charge in [0.15, 0.2) is 5.71 Å². The quantitative estimate of drug-likeness (QED) is 0.124. The maximum absolute atomic E-state index is 12.0. The van der Waals surface area contributed by atoms with Crippen LogP contribution in [0.3, 0.4) is 0 Å². The normalized spacial score (nSPS) is 22.4. The number of para-hydroxylation sites is 1. The van der Waals surface area contributed by atoms with Crippen LogP contribution >= 0.6 is 0 Å². The molecule has 0 aromatic heterocycles. The van der Waals surface area contributed by atoms with E-state index in [0.29, 0.717) is 44.3 Å². The summed E-state index contributed by atoms with van der Waals surface area (Å²) in [6.07, 6.45) is 11.3. The van der Waals surface area contributed by atoms with Gasteiger partial charge >= 0.3 is 5.97 Å². The molecule has 10 nitrogen and oxygen atoms in total. The van der Waals surface area contributed by atoms with Crippen molar-refractivity contribution in [2.75, 3.05) is 23.7 Å². The van der Waals surface area contributed by atoms with E-state index in [-0.39, 0.29) is 17.1 Å². The summed E-state index contributed by atoms with van der Waals surface area (Å²) in [5.74, 6) is -1.22. The number of fused-ring (bicyclic) bond motifs is 2. The molecule has 0 bridgehead atoms. The molecule has 248 valence electrons. The number of carboxylic acid groups (broad SMARTS) is 1. The largest absolute Gasteiger partial charge is 0.481 e. The number of aliphatic carboxylic acids is 1. The molecule has 2 aliphatic heterocycles. The lowest BCUT2D eigenvalue weighted by Crippen LogP contribution is -2.31. The minimum absolute atomic E-state index is 0.0289. The third-order valence-corrected chi connectivity index (χ3v) is 10.8. The number of hydrogen-bond donors (Lipinski definition) is 3. The second-order valence-corrected chi connectivity index (χ2v) is 15.1. The van der Waals surface area contributed by atoms with E-state index in [4.69, 9.17) is 0 Å². The molecule has 0 spiro atoms. The van der Waals surface area contributed by atoms with Crippen molar-refractivity contribution >= 4 is 43.3 Å². The lowest BCUT2D eigenvalue weighted by molar-refractivity contribution is -0.433. The minimum Gasteiger partial charge on any atom is -0.481 e. The number of anilines is 1. The Labute approximate surface area is 272 Å². The lowest BCUT2D eigenvalue weighted by Gasteiger charge is -2.30. The Hall–Kier alpha value is -3.58. The van der Waals surface area contributed by atoms with Crippen LogP contribution in [-0.2, 0) is 35.9 Å². The maximum atomic E-state index is 12.0. The second-order valence-electron chi connectivity index (χ2n) is 12.1. The summed E-state index contributed by atoms with van der Waals surface area (Å²) < 4.78 is 68.2. The van der Waals surface area contributed by atoms with Gasteiger partial charge in [0.25, 0.3) is 20.2 Å². The van der Waals surface area contributed by atoms with Crippen molar-refractivity contribution in [3.8, 4) is 0 Å². The number of allylic oxidation sites excluding steroid dienone is 6. The van der Waals surface area contributed by atoms with Crippen molar-refractivity contribution in [1.82, 2.24) is 0 Å². The highest BCUT2D eigenvalue weighted by atomic mass is 32.2. The van der Waals surface area contributed by atoms with Gasteiger partial charge in [-0.1, -0.05) is 36.4 Å². The van der Waals surface area contributed by atoms with Gasteiger partial charge in [-0.2, -0.15) is 21.4 Å². The van der Waals surface area contributed by atoms with Crippen molar-refractivity contribution in [3.63, 3.8) is 0 Å². The summed E-state index contributed by atoms with van der Waals surface area (Å²) in [6.45, 7) is 9.40. The second kappa shape index (κ2) is 13.6. The molecule has 2 atom stereocenters. The van der Waals surface area contributed by atoms with Crippen LogP contribution in [0.15, 0.2) is 83.4 Å². The van der Waals surface area contributed by atoms with Gasteiger partial charge in [-0.05, 0) is 83.2 Å². The first kappa shape index (κ1) is 35.3. The number of rotatable bonds is 14. The smallest absolute Gasteiger partial charge is 0.303 e. The predicted molar refractivity (Wildman–Crippen MR) is 179 cm³/mol. The Balaban J connectivity index is 1.70. The van der Waals surface area contributed by atoms with Crippen molar-refractivity contribution in [2.45, 2.75) is 75.5 Å². The fraction of sp³-hybridized carbons (Fsp3) is 0.412. The molecular weight excluding hydrogens is 629 g/mol. The Bertz CT molecular complexity index is 1840. The molecule has 0 amide bonds. The van der Waals surface area contributed by atoms with Crippen molar-refractivity contribution in [1.29, 1.82) is 0 Å². The Kier molecular flexibility index (Phi) is 10.5. The third kappa shape index (κ3) is 7.20. The van der Waals surface area contributed by atoms with Crippen LogP contribution in [0.4, 0.5) is 11.4 Å². The number of nitrogens with zero attached hydrogens (tertiary/aromatic N) is 2. The zero-order valence-corrected chi connectivity index (χ0v) is 28.3. The van der Waals surface area contributed by atoms with Gasteiger partial charge in [0.2, 0.25) is 5.69 Å². The number of likely N-dealkylation sites (N-methyl/N-ethyl adjacent to an activating group) is 1. The summed E-state index contributed by atoms with van der Waals surface area (Å²) in [5, 5.41) is 9.29. The zero-order valence-electron chi connectivity index (χ0n) is 26.7. The van der Waals surface area contributed by atoms with Crippen LogP contribution < -0.4 is 4.90 Å². The van der Waals surface area contributed by atoms with E-state index in [2.05, 4.69) is 35.5 Å². The van der Waals surface area contributed by atoms with Crippen LogP contribution in [0.5, 0.6) is 0 Å². The fourth-order valence-electron chi connectivity index (χ4n) is 6.97. The topological polar surface area (TPSA) is 152 Å². The first-order valence-electron chi connectivity index (χ1n) is 15.4. The Morgan fingerprint density at radius 2 is 1.61 bits per heavy atom. The highest BCUT2D eigenvalue weighted by Gasteiger charge is 2.47. The van der Waals surface area contributed by atoms with Gasteiger partial charge in [0, 0.05) is 47.5 Å². The van der Waals surface area contributed by atoms with E-state index in [1.165, 1.54) is 12.1 Å². The molecule has 12 heteroatoms. The van der Waals surface area contributed by atoms with Gasteiger partial charge in [-0.15, -0.1) is 0 Å². The van der Waals surface area contributed by atoms with Crippen LogP contribution in [-0.4, -0.2) is 66.1 Å². The lowest BCUT2D eigenvalue weighted by atomic mass is 9.76. The number of hydrogen-bond acceptors (Lipinski definition) is 6. The Morgan fingerprint density at radius 3 is 2.24 bits per heavy atom. The van der Waals surface area contributed by atoms with Crippen LogP contribution in [0, 0.1) is 0 Å². The summed E-state index contributed by atoms with van der Waals surface area (Å²) in [7, 11) is -8.51. The molecule has 46 heavy (non-hydrogen) atoms. The molecule has 2 heterocycles. The van der Waals surface area contributed by atoms with Gasteiger partial charge in [0.1, 0.15) is 6.54 Å². The van der Waals surface area contributed by atoms with Gasteiger partial charge in [-0.3, -0.25) is 13.9 Å². The third-order valence-electron chi connectivity index (χ3n) is 9.16. The van der Waals surface area contributed by atoms with E-state index >= 15 is 0 Å². The standard InChI is InChI=1S/C34H42N2O8S2/c1-5-35-28-15-11-10-14-26(28)33(3,22-13-23-45(39,40)41)30(35)16-8-7-9-17-31-34(4,21-12-18-32(37)38)27-24-25(46(42,43)44)19-20-29(27)36(31)6-2/h7-11,14-17,19-20,24H,5-6,12-13,18,21-23H2,1-4H3,(H2-,37,38,39,40,41,42,43,44)/p+1. The van der Waals surface area contributed by atoms with E-state index in [1.54, 1.807) is 6.07 Å².